The summed E-state index contributed by atoms with van der Waals surface area (Å²) < 4.78 is 1.76. The molecule has 1 fully saturated rings. The number of amides is 1. The van der Waals surface area contributed by atoms with Crippen LogP contribution in [0.2, 0.25) is 0 Å². The van der Waals surface area contributed by atoms with Gasteiger partial charge in [-0.2, -0.15) is 14.8 Å². The van der Waals surface area contributed by atoms with Gasteiger partial charge < -0.3 is 9.80 Å². The van der Waals surface area contributed by atoms with Crippen molar-refractivity contribution in [3.8, 4) is 17.2 Å². The average molecular weight is 374 g/mol. The Balaban J connectivity index is 1.65. The quantitative estimate of drug-likeness (QED) is 0.705. The Morgan fingerprint density at radius 1 is 1.18 bits per heavy atom. The molecule has 1 atom stereocenters. The van der Waals surface area contributed by atoms with Gasteiger partial charge >= 0.3 is 0 Å². The van der Waals surface area contributed by atoms with Gasteiger partial charge in [0.2, 0.25) is 0 Å². The molecule has 1 saturated heterocycles. The molecule has 2 aliphatic heterocycles. The number of hydrogen-bond acceptors (Lipinski definition) is 5. The van der Waals surface area contributed by atoms with Gasteiger partial charge in [0.25, 0.3) is 11.9 Å². The molecule has 0 unspecified atom stereocenters. The molecule has 2 aliphatic rings. The zero-order chi connectivity index (χ0) is 19.3. The van der Waals surface area contributed by atoms with E-state index in [-0.39, 0.29) is 5.91 Å². The van der Waals surface area contributed by atoms with E-state index in [9.17, 15) is 4.79 Å². The number of fused-ring (bicyclic) bond motifs is 3. The van der Waals surface area contributed by atoms with Crippen molar-refractivity contribution in [1.82, 2.24) is 19.7 Å². The van der Waals surface area contributed by atoms with Crippen LogP contribution in [-0.4, -0.2) is 44.8 Å². The monoisotopic (exact) mass is 374 g/mol. The van der Waals surface area contributed by atoms with Gasteiger partial charge in [-0.15, -0.1) is 0 Å². The summed E-state index contributed by atoms with van der Waals surface area (Å²) in [5.74, 6) is 1.48. The molecule has 142 valence electrons. The molecule has 0 saturated carbocycles. The van der Waals surface area contributed by atoms with E-state index < -0.39 is 5.54 Å². The summed E-state index contributed by atoms with van der Waals surface area (Å²) >= 11 is 0. The summed E-state index contributed by atoms with van der Waals surface area (Å²) in [5, 5.41) is 4.46. The first-order valence-corrected chi connectivity index (χ1v) is 9.68. The van der Waals surface area contributed by atoms with Crippen molar-refractivity contribution in [2.75, 3.05) is 23.4 Å². The number of rotatable bonds is 3. The van der Waals surface area contributed by atoms with Crippen LogP contribution in [-0.2, 0) is 4.79 Å². The van der Waals surface area contributed by atoms with Gasteiger partial charge in [0.1, 0.15) is 11.2 Å². The van der Waals surface area contributed by atoms with Crippen LogP contribution in [0.1, 0.15) is 26.2 Å². The molecule has 28 heavy (non-hydrogen) atoms. The normalized spacial score (nSPS) is 21.0. The van der Waals surface area contributed by atoms with E-state index in [1.165, 1.54) is 0 Å². The Hall–Kier alpha value is -3.22. The van der Waals surface area contributed by atoms with Crippen molar-refractivity contribution >= 4 is 17.4 Å². The zero-order valence-electron chi connectivity index (χ0n) is 16.0. The topological polar surface area (TPSA) is 67.2 Å². The minimum Gasteiger partial charge on any atom is -0.340 e. The highest BCUT2D eigenvalue weighted by molar-refractivity contribution is 6.07. The molecular weight excluding hydrogens is 352 g/mol. The summed E-state index contributed by atoms with van der Waals surface area (Å²) in [6, 6.07) is 12.0. The average Bonchev–Trinajstić information content (AvgIpc) is 3.40. The minimum absolute atomic E-state index is 0.139. The van der Waals surface area contributed by atoms with Crippen LogP contribution >= 0.6 is 0 Å². The Bertz CT molecular complexity index is 1050. The molecule has 0 spiro atoms. The molecule has 4 heterocycles. The summed E-state index contributed by atoms with van der Waals surface area (Å²) in [6.07, 6.45) is 6.12. The lowest BCUT2D eigenvalue weighted by molar-refractivity contribution is -0.123. The fourth-order valence-corrected chi connectivity index (χ4v) is 4.53. The second kappa shape index (κ2) is 6.15. The van der Waals surface area contributed by atoms with Crippen molar-refractivity contribution in [3.63, 3.8) is 0 Å². The molecular formula is C21H22N6O. The largest absolute Gasteiger partial charge is 0.340 e. The number of likely N-dealkylation sites (N-methyl/N-ethyl adjacent to an activating group) is 1. The molecule has 7 nitrogen and oxygen atoms in total. The van der Waals surface area contributed by atoms with Crippen LogP contribution in [0.3, 0.4) is 0 Å². The van der Waals surface area contributed by atoms with Gasteiger partial charge in [-0.25, -0.2) is 4.98 Å². The van der Waals surface area contributed by atoms with Crippen molar-refractivity contribution in [3.05, 3.63) is 48.8 Å². The maximum atomic E-state index is 13.1. The molecule has 5 rings (SSSR count). The molecule has 7 heteroatoms. The Kier molecular flexibility index (Phi) is 3.72. The molecule has 0 radical (unpaired) electrons. The summed E-state index contributed by atoms with van der Waals surface area (Å²) in [6.45, 7) is 2.92. The SMILES string of the molecule is CC[C@@]12CCCN1c1nc(-n3nccc3-c3ccccc3)ncc1N(C)C2=O. The van der Waals surface area contributed by atoms with Gasteiger partial charge in [-0.05, 0) is 25.3 Å². The lowest BCUT2D eigenvalue weighted by Crippen LogP contribution is -2.59. The molecule has 1 amide bonds. The second-order valence-corrected chi connectivity index (χ2v) is 7.38. The predicted octanol–water partition coefficient (Wildman–Crippen LogP) is 3.05. The van der Waals surface area contributed by atoms with Crippen molar-refractivity contribution in [2.45, 2.75) is 31.7 Å². The van der Waals surface area contributed by atoms with E-state index in [0.29, 0.717) is 5.95 Å². The molecule has 3 aromatic rings. The van der Waals surface area contributed by atoms with E-state index in [0.717, 1.165) is 48.6 Å². The molecule has 1 aromatic carbocycles. The summed E-state index contributed by atoms with van der Waals surface area (Å²) in [7, 11) is 1.82. The standard InChI is InChI=1S/C21H22N6O/c1-3-21-11-7-13-26(21)18-17(25(2)19(21)28)14-22-20(24-18)27-16(10-12-23-27)15-8-5-4-6-9-15/h4-6,8-10,12,14H,3,7,11,13H2,1-2H3/t21-/m0/s1. The minimum atomic E-state index is -0.486. The lowest BCUT2D eigenvalue weighted by atomic mass is 9.89. The maximum absolute atomic E-state index is 13.1. The Morgan fingerprint density at radius 2 is 2.00 bits per heavy atom. The molecule has 0 bridgehead atoms. The van der Waals surface area contributed by atoms with Crippen LogP contribution < -0.4 is 9.80 Å². The van der Waals surface area contributed by atoms with Gasteiger partial charge in [-0.3, -0.25) is 4.79 Å². The number of anilines is 2. The highest BCUT2D eigenvalue weighted by Gasteiger charge is 2.52. The number of hydrogen-bond donors (Lipinski definition) is 0. The Morgan fingerprint density at radius 3 is 2.79 bits per heavy atom. The van der Waals surface area contributed by atoms with E-state index in [4.69, 9.17) is 4.98 Å². The van der Waals surface area contributed by atoms with E-state index in [1.54, 1.807) is 22.0 Å². The van der Waals surface area contributed by atoms with Crippen LogP contribution in [0.5, 0.6) is 0 Å². The van der Waals surface area contributed by atoms with Crippen LogP contribution in [0.25, 0.3) is 17.2 Å². The van der Waals surface area contributed by atoms with Crippen LogP contribution in [0.15, 0.2) is 48.8 Å². The Labute approximate surface area is 163 Å². The number of aromatic nitrogens is 4. The van der Waals surface area contributed by atoms with Crippen LogP contribution in [0, 0.1) is 0 Å². The van der Waals surface area contributed by atoms with Gasteiger partial charge in [-0.1, -0.05) is 37.3 Å². The first kappa shape index (κ1) is 16.9. The second-order valence-electron chi connectivity index (χ2n) is 7.38. The van der Waals surface area contributed by atoms with Gasteiger partial charge in [0.15, 0.2) is 5.82 Å². The molecule has 0 N–H and O–H groups in total. The van der Waals surface area contributed by atoms with Gasteiger partial charge in [0.05, 0.1) is 18.1 Å². The summed E-state index contributed by atoms with van der Waals surface area (Å²) in [4.78, 5) is 26.4. The number of benzene rings is 1. The molecule has 2 aromatic heterocycles. The summed E-state index contributed by atoms with van der Waals surface area (Å²) in [5.41, 5.74) is 2.26. The molecule has 0 aliphatic carbocycles. The van der Waals surface area contributed by atoms with E-state index in [1.807, 2.05) is 43.4 Å². The van der Waals surface area contributed by atoms with E-state index >= 15 is 0 Å². The third kappa shape index (κ3) is 2.22. The van der Waals surface area contributed by atoms with E-state index in [2.05, 4.69) is 21.9 Å². The van der Waals surface area contributed by atoms with Crippen molar-refractivity contribution in [2.24, 2.45) is 0 Å². The first-order chi connectivity index (χ1) is 13.7. The first-order valence-electron chi connectivity index (χ1n) is 9.68. The predicted molar refractivity (Wildman–Crippen MR) is 108 cm³/mol. The highest BCUT2D eigenvalue weighted by atomic mass is 16.2. The smallest absolute Gasteiger partial charge is 0.253 e. The lowest BCUT2D eigenvalue weighted by Gasteiger charge is -2.45. The van der Waals surface area contributed by atoms with Gasteiger partial charge in [0, 0.05) is 19.2 Å². The number of nitrogens with zero attached hydrogens (tertiary/aromatic N) is 6. The highest BCUT2D eigenvalue weighted by Crippen LogP contribution is 2.45. The third-order valence-electron chi connectivity index (χ3n) is 6.03. The number of carbonyl (C=O) groups is 1. The fourth-order valence-electron chi connectivity index (χ4n) is 4.53. The maximum Gasteiger partial charge on any atom is 0.253 e. The fraction of sp³-hybridized carbons (Fsp3) is 0.333. The third-order valence-corrected chi connectivity index (χ3v) is 6.03. The van der Waals surface area contributed by atoms with Crippen molar-refractivity contribution < 1.29 is 4.79 Å². The van der Waals surface area contributed by atoms with Crippen LogP contribution in [0.4, 0.5) is 11.5 Å². The van der Waals surface area contributed by atoms with Crippen molar-refractivity contribution in [1.29, 1.82) is 0 Å². The number of carbonyl (C=O) groups excluding carboxylic acids is 1. The zero-order valence-corrected chi connectivity index (χ0v) is 16.0.